The number of alkyl carbamates (subject to hydrolysis) is 1. The van der Waals surface area contributed by atoms with Crippen LogP contribution >= 0.6 is 24.0 Å². The van der Waals surface area contributed by atoms with Gasteiger partial charge in [-0.1, -0.05) is 0 Å². The number of ether oxygens (including phenoxy) is 2. The third-order valence-electron chi connectivity index (χ3n) is 3.08. The number of aliphatic imine (C=N–C) groups is 1. The molecule has 0 aromatic rings. The summed E-state index contributed by atoms with van der Waals surface area (Å²) in [6.07, 6.45) is 0.365. The number of methoxy groups -OCH3 is 1. The van der Waals surface area contributed by atoms with Gasteiger partial charge < -0.3 is 30.3 Å². The van der Waals surface area contributed by atoms with Crippen molar-refractivity contribution in [3.63, 3.8) is 0 Å². The van der Waals surface area contributed by atoms with Gasteiger partial charge in [0, 0.05) is 46.4 Å². The maximum absolute atomic E-state index is 11.5. The Hall–Kier alpha value is -0.810. The Morgan fingerprint density at radius 1 is 1.12 bits per heavy atom. The molecular weight excluding hydrogens is 449 g/mol. The van der Waals surface area contributed by atoms with Crippen molar-refractivity contribution in [1.29, 1.82) is 0 Å². The van der Waals surface area contributed by atoms with Crippen molar-refractivity contribution in [2.24, 2.45) is 4.99 Å². The van der Waals surface area contributed by atoms with Crippen LogP contribution < -0.4 is 16.0 Å². The Morgan fingerprint density at radius 2 is 1.81 bits per heavy atom. The molecule has 9 heteroatoms. The molecule has 0 aliphatic heterocycles. The second-order valence-corrected chi connectivity index (χ2v) is 6.77. The molecule has 0 aromatic carbocycles. The van der Waals surface area contributed by atoms with Gasteiger partial charge >= 0.3 is 6.09 Å². The van der Waals surface area contributed by atoms with Crippen LogP contribution in [-0.2, 0) is 9.47 Å². The Kier molecular flexibility index (Phi) is 17.3. The van der Waals surface area contributed by atoms with Crippen molar-refractivity contribution in [1.82, 2.24) is 20.9 Å². The van der Waals surface area contributed by atoms with Crippen molar-refractivity contribution in [3.05, 3.63) is 0 Å². The van der Waals surface area contributed by atoms with Crippen LogP contribution in [0, 0.1) is 0 Å². The zero-order valence-corrected chi connectivity index (χ0v) is 19.5. The van der Waals surface area contributed by atoms with E-state index in [1.54, 1.807) is 7.11 Å². The van der Waals surface area contributed by atoms with Gasteiger partial charge in [0.2, 0.25) is 0 Å². The lowest BCUT2D eigenvalue weighted by Gasteiger charge is -2.19. The average Bonchev–Trinajstić information content (AvgIpc) is 2.50. The molecule has 0 saturated carbocycles. The fourth-order valence-electron chi connectivity index (χ4n) is 1.84. The van der Waals surface area contributed by atoms with E-state index in [1.807, 2.05) is 27.7 Å². The summed E-state index contributed by atoms with van der Waals surface area (Å²) in [5.74, 6) is 0.792. The van der Waals surface area contributed by atoms with Crippen LogP contribution in [0.4, 0.5) is 4.79 Å². The minimum atomic E-state index is -0.471. The highest BCUT2D eigenvalue weighted by Crippen LogP contribution is 2.06. The molecule has 0 aliphatic rings. The molecule has 0 bridgehead atoms. The summed E-state index contributed by atoms with van der Waals surface area (Å²) >= 11 is 0. The minimum absolute atomic E-state index is 0. The van der Waals surface area contributed by atoms with Crippen molar-refractivity contribution in [3.8, 4) is 0 Å². The quantitative estimate of drug-likeness (QED) is 0.178. The molecule has 26 heavy (non-hydrogen) atoms. The number of likely N-dealkylation sites (N-methyl/N-ethyl adjacent to an activating group) is 1. The summed E-state index contributed by atoms with van der Waals surface area (Å²) in [5, 5.41) is 9.25. The van der Waals surface area contributed by atoms with Gasteiger partial charge in [0.25, 0.3) is 0 Å². The number of rotatable bonds is 11. The van der Waals surface area contributed by atoms with Gasteiger partial charge in [-0.05, 0) is 41.2 Å². The number of nitrogens with one attached hydrogen (secondary N) is 3. The lowest BCUT2D eigenvalue weighted by Crippen LogP contribution is -2.41. The second kappa shape index (κ2) is 16.4. The number of carbonyl (C=O) groups is 1. The average molecular weight is 487 g/mol. The SMILES string of the molecule is CCNC(=NCCCNC(=O)OC(C)(C)C)NCCN(C)CCOC.I. The zero-order chi connectivity index (χ0) is 19.1. The molecule has 0 aromatic heterocycles. The first-order valence-corrected chi connectivity index (χ1v) is 8.95. The fraction of sp³-hybridized carbons (Fsp3) is 0.882. The molecule has 156 valence electrons. The number of hydrogen-bond acceptors (Lipinski definition) is 5. The smallest absolute Gasteiger partial charge is 0.407 e. The number of carbonyl (C=O) groups excluding carboxylic acids is 1. The van der Waals surface area contributed by atoms with E-state index in [4.69, 9.17) is 9.47 Å². The van der Waals surface area contributed by atoms with Gasteiger partial charge in [-0.3, -0.25) is 4.99 Å². The third-order valence-corrected chi connectivity index (χ3v) is 3.08. The molecule has 0 unspecified atom stereocenters. The number of amides is 1. The van der Waals surface area contributed by atoms with E-state index in [2.05, 4.69) is 32.9 Å². The maximum Gasteiger partial charge on any atom is 0.407 e. The van der Waals surface area contributed by atoms with Crippen LogP contribution in [0.1, 0.15) is 34.1 Å². The molecular formula is C17H38IN5O3. The van der Waals surface area contributed by atoms with Crippen LogP contribution in [0.25, 0.3) is 0 Å². The van der Waals surface area contributed by atoms with Gasteiger partial charge in [-0.15, -0.1) is 24.0 Å². The predicted octanol–water partition coefficient (Wildman–Crippen LogP) is 1.65. The van der Waals surface area contributed by atoms with E-state index < -0.39 is 5.60 Å². The predicted molar refractivity (Wildman–Crippen MR) is 118 cm³/mol. The topological polar surface area (TPSA) is 87.2 Å². The highest BCUT2D eigenvalue weighted by Gasteiger charge is 2.15. The first kappa shape index (κ1) is 27.4. The monoisotopic (exact) mass is 487 g/mol. The van der Waals surface area contributed by atoms with E-state index >= 15 is 0 Å². The lowest BCUT2D eigenvalue weighted by molar-refractivity contribution is 0.0527. The highest BCUT2D eigenvalue weighted by molar-refractivity contribution is 14.0. The van der Waals surface area contributed by atoms with Crippen LogP contribution in [0.2, 0.25) is 0 Å². The first-order chi connectivity index (χ1) is 11.8. The molecule has 0 spiro atoms. The molecule has 0 rings (SSSR count). The van der Waals surface area contributed by atoms with Crippen LogP contribution in [0.15, 0.2) is 4.99 Å². The number of halogens is 1. The molecule has 0 radical (unpaired) electrons. The maximum atomic E-state index is 11.5. The summed E-state index contributed by atoms with van der Waals surface area (Å²) in [4.78, 5) is 18.2. The Labute approximate surface area is 175 Å². The number of guanidine groups is 1. The molecule has 0 saturated heterocycles. The summed E-state index contributed by atoms with van der Waals surface area (Å²) in [6, 6.07) is 0. The normalized spacial score (nSPS) is 11.7. The van der Waals surface area contributed by atoms with Crippen LogP contribution in [0.5, 0.6) is 0 Å². The van der Waals surface area contributed by atoms with Crippen LogP contribution in [0.3, 0.4) is 0 Å². The number of nitrogens with zero attached hydrogens (tertiary/aromatic N) is 2. The van der Waals surface area contributed by atoms with Crippen molar-refractivity contribution in [2.75, 3.05) is 60.0 Å². The van der Waals surface area contributed by atoms with E-state index in [-0.39, 0.29) is 30.1 Å². The van der Waals surface area contributed by atoms with Gasteiger partial charge in [0.05, 0.1) is 6.61 Å². The molecule has 0 atom stereocenters. The summed E-state index contributed by atoms with van der Waals surface area (Å²) in [7, 11) is 3.77. The molecule has 1 amide bonds. The summed E-state index contributed by atoms with van der Waals surface area (Å²) in [6.45, 7) is 12.9. The first-order valence-electron chi connectivity index (χ1n) is 8.95. The van der Waals surface area contributed by atoms with Gasteiger partial charge in [-0.2, -0.15) is 0 Å². The van der Waals surface area contributed by atoms with Crippen LogP contribution in [-0.4, -0.2) is 82.6 Å². The third kappa shape index (κ3) is 18.0. The minimum Gasteiger partial charge on any atom is -0.444 e. The highest BCUT2D eigenvalue weighted by atomic mass is 127. The summed E-state index contributed by atoms with van der Waals surface area (Å²) in [5.41, 5.74) is -0.471. The molecule has 0 heterocycles. The Morgan fingerprint density at radius 3 is 2.38 bits per heavy atom. The van der Waals surface area contributed by atoms with Crippen molar-refractivity contribution in [2.45, 2.75) is 39.7 Å². The van der Waals surface area contributed by atoms with E-state index in [0.29, 0.717) is 13.1 Å². The van der Waals surface area contributed by atoms with Crippen molar-refractivity contribution < 1.29 is 14.3 Å². The fourth-order valence-corrected chi connectivity index (χ4v) is 1.84. The van der Waals surface area contributed by atoms with Gasteiger partial charge in [0.1, 0.15) is 5.60 Å². The van der Waals surface area contributed by atoms with Gasteiger partial charge in [-0.25, -0.2) is 4.79 Å². The van der Waals surface area contributed by atoms with E-state index in [9.17, 15) is 4.79 Å². The van der Waals surface area contributed by atoms with E-state index in [1.165, 1.54) is 0 Å². The lowest BCUT2D eigenvalue weighted by atomic mass is 10.2. The Bertz CT molecular complexity index is 389. The Balaban J connectivity index is 0. The van der Waals surface area contributed by atoms with Crippen molar-refractivity contribution >= 4 is 36.0 Å². The molecule has 8 nitrogen and oxygen atoms in total. The largest absolute Gasteiger partial charge is 0.444 e. The second-order valence-electron chi connectivity index (χ2n) is 6.77. The number of hydrogen-bond donors (Lipinski definition) is 3. The van der Waals surface area contributed by atoms with E-state index in [0.717, 1.165) is 45.2 Å². The zero-order valence-electron chi connectivity index (χ0n) is 17.2. The summed E-state index contributed by atoms with van der Waals surface area (Å²) < 4.78 is 10.2. The van der Waals surface area contributed by atoms with Gasteiger partial charge in [0.15, 0.2) is 5.96 Å². The molecule has 3 N–H and O–H groups in total. The standard InChI is InChI=1S/C17H37N5O3.HI/c1-7-18-15(20-11-12-22(5)13-14-24-6)19-9-8-10-21-16(23)25-17(2,3)4;/h7-14H2,1-6H3,(H,21,23)(H2,18,19,20);1H. The molecule has 0 fully saturated rings. The molecule has 0 aliphatic carbocycles.